The summed E-state index contributed by atoms with van der Waals surface area (Å²) >= 11 is -3.11. The third-order valence-corrected chi connectivity index (χ3v) is 8.71. The monoisotopic (exact) mass is 558 g/mol. The van der Waals surface area contributed by atoms with Crippen LogP contribution in [0.15, 0.2) is 54.6 Å². The molecule has 0 aliphatic heterocycles. The molecule has 0 saturated heterocycles. The van der Waals surface area contributed by atoms with E-state index in [2.05, 4.69) is 15.0 Å². The summed E-state index contributed by atoms with van der Waals surface area (Å²) in [7, 11) is 0. The predicted molar refractivity (Wildman–Crippen MR) is 104 cm³/mol. The van der Waals surface area contributed by atoms with E-state index in [9.17, 15) is 29.7 Å². The third-order valence-electron chi connectivity index (χ3n) is 3.33. The van der Waals surface area contributed by atoms with E-state index < -0.39 is 51.8 Å². The Morgan fingerprint density at radius 2 is 0.862 bits per heavy atom. The smallest absolute Gasteiger partial charge is 0.153 e. The first-order chi connectivity index (χ1) is 13.4. The van der Waals surface area contributed by atoms with Crippen molar-refractivity contribution in [2.24, 2.45) is 0 Å². The number of aromatic nitrogens is 3. The average molecular weight is 558 g/mol. The number of pyridine rings is 3. The number of carbonyl (C=O) groups is 3. The van der Waals surface area contributed by atoms with Gasteiger partial charge in [0.2, 0.25) is 0 Å². The summed E-state index contributed by atoms with van der Waals surface area (Å²) in [5.41, 5.74) is -0.517. The quantitative estimate of drug-likeness (QED) is 0.354. The molecule has 11 heteroatoms. The van der Waals surface area contributed by atoms with Gasteiger partial charge < -0.3 is 0 Å². The van der Waals surface area contributed by atoms with Gasteiger partial charge >= 0.3 is 173 Å². The minimum Gasteiger partial charge on any atom is -0.153 e. The Morgan fingerprint density at radius 3 is 1.10 bits per heavy atom. The van der Waals surface area contributed by atoms with Crippen LogP contribution in [0.5, 0.6) is 0 Å². The first kappa shape index (κ1) is 22.9. The molecule has 0 amide bonds. The van der Waals surface area contributed by atoms with E-state index in [4.69, 9.17) is 0 Å². The molecule has 3 N–H and O–H groups in total. The topological polar surface area (TPSA) is 151 Å². The van der Waals surface area contributed by atoms with E-state index in [1.165, 1.54) is 36.4 Å². The summed E-state index contributed by atoms with van der Waals surface area (Å²) in [6.07, 6.45) is 0. The Kier molecular flexibility index (Phi) is 7.81. The van der Waals surface area contributed by atoms with E-state index in [-0.39, 0.29) is 27.0 Å². The van der Waals surface area contributed by atoms with Gasteiger partial charge in [-0.2, -0.15) is 9.90 Å². The van der Waals surface area contributed by atoms with Crippen molar-refractivity contribution in [1.82, 2.24) is 15.0 Å². The fourth-order valence-corrected chi connectivity index (χ4v) is 7.30. The van der Waals surface area contributed by atoms with Gasteiger partial charge in [0, 0.05) is 0 Å². The summed E-state index contributed by atoms with van der Waals surface area (Å²) in [6, 6.07) is 13.5. The normalized spacial score (nSPS) is 10.6. The van der Waals surface area contributed by atoms with Crippen molar-refractivity contribution in [1.29, 1.82) is 0 Å². The van der Waals surface area contributed by atoms with Gasteiger partial charge in [-0.3, -0.25) is 0 Å². The predicted octanol–water partition coefficient (Wildman–Crippen LogP) is -0.0787. The van der Waals surface area contributed by atoms with Crippen molar-refractivity contribution in [2.45, 2.75) is 0 Å². The molecule has 3 aromatic rings. The van der Waals surface area contributed by atoms with Crippen molar-refractivity contribution in [2.75, 3.05) is 0 Å². The fraction of sp³-hybridized carbons (Fsp3) is 0. The molecule has 1 unspecified atom stereocenters. The number of carboxylic acids is 3. The van der Waals surface area contributed by atoms with Crippen molar-refractivity contribution in [3.8, 4) is 0 Å². The van der Waals surface area contributed by atoms with Crippen molar-refractivity contribution in [3.63, 3.8) is 0 Å². The summed E-state index contributed by atoms with van der Waals surface area (Å²) in [5, 5.41) is 27.7. The zero-order valence-corrected chi connectivity index (χ0v) is 18.3. The van der Waals surface area contributed by atoms with Crippen molar-refractivity contribution in [3.05, 3.63) is 71.7 Å². The molecule has 0 saturated carbocycles. The fourth-order valence-electron chi connectivity index (χ4n) is 2.14. The molecule has 0 spiro atoms. The molecule has 0 bridgehead atoms. The Morgan fingerprint density at radius 1 is 0.586 bits per heavy atom. The first-order valence-electron chi connectivity index (χ1n) is 7.64. The maximum absolute atomic E-state index is 11.3. The molecule has 3 heterocycles. The second kappa shape index (κ2) is 9.89. The minimum absolute atomic E-state index is 0. The van der Waals surface area contributed by atoms with Crippen molar-refractivity contribution < 1.29 is 63.5 Å². The molecule has 1 atom stereocenters. The summed E-state index contributed by atoms with van der Waals surface area (Å²) < 4.78 is 1.25. The Balaban J connectivity index is 0.00000300. The van der Waals surface area contributed by atoms with E-state index in [1.54, 1.807) is 18.2 Å². The Labute approximate surface area is 181 Å². The molecule has 151 valence electrons. The van der Waals surface area contributed by atoms with Gasteiger partial charge in [-0.1, -0.05) is 0 Å². The molecule has 0 aliphatic rings. The van der Waals surface area contributed by atoms with Crippen LogP contribution in [0.2, 0.25) is 0 Å². The number of carboxylic acid groups (broad SMARTS) is 3. The van der Waals surface area contributed by atoms with Gasteiger partial charge in [0.15, 0.2) is 0 Å². The van der Waals surface area contributed by atoms with E-state index in [0.29, 0.717) is 4.42 Å². The molecular weight excluding hydrogens is 542 g/mol. The summed E-state index contributed by atoms with van der Waals surface area (Å²) in [6.45, 7) is 0. The number of hydrogen-bond donors (Lipinski definition) is 3. The van der Waals surface area contributed by atoms with Gasteiger partial charge in [0.05, 0.1) is 0 Å². The Hall–Kier alpha value is -2.39. The molecule has 0 fully saturated rings. The van der Waals surface area contributed by atoms with Crippen LogP contribution < -0.4 is 4.42 Å². The first-order valence-corrected chi connectivity index (χ1v) is 11.0. The molecule has 9 nitrogen and oxygen atoms in total. The maximum atomic E-state index is 11.3. The molecule has 0 aromatic carbocycles. The Bertz CT molecular complexity index is 958. The zero-order chi connectivity index (χ0) is 20.3. The van der Waals surface area contributed by atoms with Crippen LogP contribution in [0.1, 0.15) is 31.5 Å². The largest absolute Gasteiger partial charge is 0.153 e. The van der Waals surface area contributed by atoms with Crippen LogP contribution in [0.3, 0.4) is 0 Å². The molecular formula is C18H15GdN3O6P. The third kappa shape index (κ3) is 5.36. The number of aromatic carboxylic acids is 3. The van der Waals surface area contributed by atoms with Crippen LogP contribution in [-0.2, 0) is 0 Å². The second-order valence-electron chi connectivity index (χ2n) is 5.18. The van der Waals surface area contributed by atoms with Gasteiger partial charge in [-0.25, -0.2) is 0 Å². The van der Waals surface area contributed by atoms with Crippen LogP contribution in [-0.4, -0.2) is 48.2 Å². The van der Waals surface area contributed by atoms with Gasteiger partial charge in [-0.15, -0.1) is 0 Å². The number of hydrogen-bond acceptors (Lipinski definition) is 6. The van der Waals surface area contributed by atoms with Crippen molar-refractivity contribution >= 4 is 32.2 Å². The maximum Gasteiger partial charge on any atom is -0.153 e. The van der Waals surface area contributed by atoms with Gasteiger partial charge in [0.1, 0.15) is 0 Å². The van der Waals surface area contributed by atoms with Crippen LogP contribution in [0.25, 0.3) is 0 Å². The standard InChI is InChI=1S/3C6H4NO2.Gd.H3P/c3*8-6(9)5-3-1-2-4-7-5;;/h3*1-3H,(H,8,9);;1H3. The SMILES string of the molecule is O=C(O)c1ccc[c]([Gd]([c]2cccc(C(=O)O)n2)[c]2cccc(C(=O)O)n2)n1.P. The number of rotatable bonds is 6. The van der Waals surface area contributed by atoms with Crippen LogP contribution >= 0.6 is 9.90 Å². The average Bonchev–Trinajstić information content (AvgIpc) is 2.69. The van der Waals surface area contributed by atoms with Gasteiger partial charge in [0.25, 0.3) is 0 Å². The zero-order valence-electron chi connectivity index (χ0n) is 14.7. The number of nitrogens with zero attached hydrogens (tertiary/aromatic N) is 3. The van der Waals surface area contributed by atoms with Crippen LogP contribution in [0.4, 0.5) is 0 Å². The second-order valence-corrected chi connectivity index (χ2v) is 10.4. The van der Waals surface area contributed by atoms with E-state index in [0.717, 1.165) is 0 Å². The summed E-state index contributed by atoms with van der Waals surface area (Å²) in [5.74, 6) is -3.62. The van der Waals surface area contributed by atoms with E-state index >= 15 is 0 Å². The van der Waals surface area contributed by atoms with E-state index in [1.807, 2.05) is 0 Å². The molecule has 3 aromatic heterocycles. The summed E-state index contributed by atoms with van der Waals surface area (Å²) in [4.78, 5) is 46.5. The minimum atomic E-state index is -3.11. The molecule has 0 radical (unpaired) electrons. The molecule has 3 rings (SSSR count). The van der Waals surface area contributed by atoms with Gasteiger partial charge in [-0.05, 0) is 0 Å². The molecule has 29 heavy (non-hydrogen) atoms. The molecule has 0 aliphatic carbocycles. The van der Waals surface area contributed by atoms with Crippen LogP contribution in [0, 0.1) is 33.8 Å².